The molecule has 0 aliphatic carbocycles. The van der Waals surface area contributed by atoms with Crippen LogP contribution in [0.2, 0.25) is 0 Å². The largest absolute Gasteiger partial charge is 0.370 e. The van der Waals surface area contributed by atoms with Crippen LogP contribution < -0.4 is 5.32 Å². The molecule has 1 aromatic carbocycles. The van der Waals surface area contributed by atoms with E-state index in [9.17, 15) is 8.78 Å². The third-order valence-electron chi connectivity index (χ3n) is 2.31. The first-order valence-electron chi connectivity index (χ1n) is 5.37. The number of hydrogen-bond donors (Lipinski definition) is 1. The van der Waals surface area contributed by atoms with E-state index in [1.807, 2.05) is 6.92 Å². The number of nitrogens with one attached hydrogen (secondary N) is 1. The molecule has 0 unspecified atom stereocenters. The zero-order valence-electron chi connectivity index (χ0n) is 9.37. The molecule has 0 amide bonds. The second kappa shape index (κ2) is 4.91. The third-order valence-corrected chi connectivity index (χ3v) is 2.31. The van der Waals surface area contributed by atoms with Crippen LogP contribution in [-0.4, -0.2) is 11.5 Å². The minimum atomic E-state index is -0.479. The Labute approximate surface area is 98.3 Å². The lowest BCUT2D eigenvalue weighted by Gasteiger charge is -2.06. The van der Waals surface area contributed by atoms with Crippen molar-refractivity contribution in [3.05, 3.63) is 48.0 Å². The summed E-state index contributed by atoms with van der Waals surface area (Å²) < 4.78 is 26.6. The number of nitrogens with zero attached hydrogens (tertiary/aromatic N) is 1. The molecular formula is C13H12F2N2. The first-order chi connectivity index (χ1) is 8.20. The molecule has 0 atom stereocenters. The maximum absolute atomic E-state index is 13.5. The molecule has 88 valence electrons. The summed E-state index contributed by atoms with van der Waals surface area (Å²) >= 11 is 0. The van der Waals surface area contributed by atoms with Gasteiger partial charge >= 0.3 is 0 Å². The van der Waals surface area contributed by atoms with E-state index >= 15 is 0 Å². The van der Waals surface area contributed by atoms with Gasteiger partial charge in [0.15, 0.2) is 0 Å². The Morgan fingerprint density at radius 2 is 2.00 bits per heavy atom. The topological polar surface area (TPSA) is 24.9 Å². The van der Waals surface area contributed by atoms with Crippen LogP contribution in [0.1, 0.15) is 6.92 Å². The van der Waals surface area contributed by atoms with E-state index in [0.29, 0.717) is 11.5 Å². The molecule has 0 fully saturated rings. The number of benzene rings is 1. The summed E-state index contributed by atoms with van der Waals surface area (Å²) in [5, 5.41) is 3.02. The molecule has 1 N–H and O–H groups in total. The predicted molar refractivity (Wildman–Crippen MR) is 63.8 cm³/mol. The molecule has 0 saturated heterocycles. The van der Waals surface area contributed by atoms with E-state index in [2.05, 4.69) is 10.3 Å². The van der Waals surface area contributed by atoms with Gasteiger partial charge in [-0.25, -0.2) is 13.8 Å². The highest BCUT2D eigenvalue weighted by Gasteiger charge is 2.08. The quantitative estimate of drug-likeness (QED) is 0.879. The fraction of sp³-hybridized carbons (Fsp3) is 0.154. The zero-order valence-corrected chi connectivity index (χ0v) is 9.37. The lowest BCUT2D eigenvalue weighted by molar-refractivity contribution is 0.602. The summed E-state index contributed by atoms with van der Waals surface area (Å²) in [6.07, 6.45) is 0. The monoisotopic (exact) mass is 234 g/mol. The molecule has 2 nitrogen and oxygen atoms in total. The Morgan fingerprint density at radius 1 is 1.18 bits per heavy atom. The maximum Gasteiger partial charge on any atom is 0.132 e. The van der Waals surface area contributed by atoms with Crippen LogP contribution >= 0.6 is 0 Å². The zero-order chi connectivity index (χ0) is 12.3. The fourth-order valence-corrected chi connectivity index (χ4v) is 1.56. The van der Waals surface area contributed by atoms with E-state index in [0.717, 1.165) is 24.7 Å². The molecule has 0 bridgehead atoms. The Hall–Kier alpha value is -1.97. The van der Waals surface area contributed by atoms with Gasteiger partial charge in [0.25, 0.3) is 0 Å². The SMILES string of the molecule is CCNc1cccc(-c2cc(F)ccc2F)n1. The molecule has 1 aromatic heterocycles. The van der Waals surface area contributed by atoms with Gasteiger partial charge in [0, 0.05) is 12.1 Å². The van der Waals surface area contributed by atoms with Gasteiger partial charge in [-0.2, -0.15) is 0 Å². The highest BCUT2D eigenvalue weighted by molar-refractivity contribution is 5.62. The number of halogens is 2. The van der Waals surface area contributed by atoms with Crippen LogP contribution in [0, 0.1) is 11.6 Å². The summed E-state index contributed by atoms with van der Waals surface area (Å²) in [4.78, 5) is 4.22. The van der Waals surface area contributed by atoms with E-state index in [-0.39, 0.29) is 5.56 Å². The molecule has 0 saturated carbocycles. The molecule has 4 heteroatoms. The predicted octanol–water partition coefficient (Wildman–Crippen LogP) is 3.46. The lowest BCUT2D eigenvalue weighted by Crippen LogP contribution is -2.00. The number of aromatic nitrogens is 1. The molecule has 0 spiro atoms. The van der Waals surface area contributed by atoms with Crippen molar-refractivity contribution in [3.8, 4) is 11.3 Å². The molecule has 2 aromatic rings. The van der Waals surface area contributed by atoms with Crippen molar-refractivity contribution >= 4 is 5.82 Å². The van der Waals surface area contributed by atoms with Gasteiger partial charge < -0.3 is 5.32 Å². The average Bonchev–Trinajstić information content (AvgIpc) is 2.33. The van der Waals surface area contributed by atoms with Gasteiger partial charge in [0.2, 0.25) is 0 Å². The highest BCUT2D eigenvalue weighted by Crippen LogP contribution is 2.22. The number of rotatable bonds is 3. The van der Waals surface area contributed by atoms with Crippen molar-refractivity contribution in [1.82, 2.24) is 4.98 Å². The molecule has 0 aliphatic heterocycles. The average molecular weight is 234 g/mol. The molecule has 17 heavy (non-hydrogen) atoms. The Bertz CT molecular complexity index is 527. The van der Waals surface area contributed by atoms with Crippen LogP contribution in [0.3, 0.4) is 0 Å². The van der Waals surface area contributed by atoms with Crippen molar-refractivity contribution in [1.29, 1.82) is 0 Å². The molecule has 0 radical (unpaired) electrons. The Kier molecular flexibility index (Phi) is 3.32. The first kappa shape index (κ1) is 11.5. The van der Waals surface area contributed by atoms with Crippen molar-refractivity contribution in [2.24, 2.45) is 0 Å². The van der Waals surface area contributed by atoms with Crippen molar-refractivity contribution < 1.29 is 8.78 Å². The number of anilines is 1. The van der Waals surface area contributed by atoms with Gasteiger partial charge in [-0.05, 0) is 37.3 Å². The molecule has 1 heterocycles. The van der Waals surface area contributed by atoms with Gasteiger partial charge in [0.1, 0.15) is 17.5 Å². The van der Waals surface area contributed by atoms with Gasteiger partial charge in [0.05, 0.1) is 5.69 Å². The van der Waals surface area contributed by atoms with Crippen LogP contribution in [-0.2, 0) is 0 Å². The van der Waals surface area contributed by atoms with E-state index < -0.39 is 11.6 Å². The van der Waals surface area contributed by atoms with Crippen molar-refractivity contribution in [3.63, 3.8) is 0 Å². The van der Waals surface area contributed by atoms with Crippen LogP contribution in [0.4, 0.5) is 14.6 Å². The first-order valence-corrected chi connectivity index (χ1v) is 5.37. The Balaban J connectivity index is 2.45. The minimum absolute atomic E-state index is 0.171. The number of pyridine rings is 1. The van der Waals surface area contributed by atoms with Gasteiger partial charge in [-0.3, -0.25) is 0 Å². The summed E-state index contributed by atoms with van der Waals surface area (Å²) in [6, 6.07) is 8.53. The van der Waals surface area contributed by atoms with Crippen LogP contribution in [0.25, 0.3) is 11.3 Å². The maximum atomic E-state index is 13.5. The summed E-state index contributed by atoms with van der Waals surface area (Å²) in [5.41, 5.74) is 0.588. The van der Waals surface area contributed by atoms with Crippen LogP contribution in [0.5, 0.6) is 0 Å². The number of hydrogen-bond acceptors (Lipinski definition) is 2. The second-order valence-corrected chi connectivity index (χ2v) is 3.56. The van der Waals surface area contributed by atoms with Gasteiger partial charge in [-0.1, -0.05) is 6.07 Å². The van der Waals surface area contributed by atoms with Crippen molar-refractivity contribution in [2.75, 3.05) is 11.9 Å². The highest BCUT2D eigenvalue weighted by atomic mass is 19.1. The lowest BCUT2D eigenvalue weighted by atomic mass is 10.1. The smallest absolute Gasteiger partial charge is 0.132 e. The summed E-state index contributed by atoms with van der Waals surface area (Å²) in [7, 11) is 0. The van der Waals surface area contributed by atoms with Gasteiger partial charge in [-0.15, -0.1) is 0 Å². The van der Waals surface area contributed by atoms with Crippen LogP contribution in [0.15, 0.2) is 36.4 Å². The summed E-state index contributed by atoms with van der Waals surface area (Å²) in [5.74, 6) is -0.307. The molecule has 2 rings (SSSR count). The molecule has 0 aliphatic rings. The minimum Gasteiger partial charge on any atom is -0.370 e. The van der Waals surface area contributed by atoms with E-state index in [1.165, 1.54) is 0 Å². The van der Waals surface area contributed by atoms with Crippen molar-refractivity contribution in [2.45, 2.75) is 6.92 Å². The second-order valence-electron chi connectivity index (χ2n) is 3.56. The summed E-state index contributed by atoms with van der Waals surface area (Å²) in [6.45, 7) is 2.67. The Morgan fingerprint density at radius 3 is 2.76 bits per heavy atom. The normalized spacial score (nSPS) is 10.3. The standard InChI is InChI=1S/C13H12F2N2/c1-2-16-13-5-3-4-12(17-13)10-8-9(14)6-7-11(10)15/h3-8H,2H2,1H3,(H,16,17). The fourth-order valence-electron chi connectivity index (χ4n) is 1.56. The van der Waals surface area contributed by atoms with E-state index in [4.69, 9.17) is 0 Å². The third kappa shape index (κ3) is 2.58. The van der Waals surface area contributed by atoms with E-state index in [1.54, 1.807) is 18.2 Å². The molecular weight excluding hydrogens is 222 g/mol.